The monoisotopic (exact) mass is 504 g/mol. The molecule has 0 unspecified atom stereocenters. The second-order valence-corrected chi connectivity index (χ2v) is 10.5. The highest BCUT2D eigenvalue weighted by Gasteiger charge is 2.33. The lowest BCUT2D eigenvalue weighted by Crippen LogP contribution is -2.48. The van der Waals surface area contributed by atoms with E-state index in [2.05, 4.69) is 14.7 Å². The van der Waals surface area contributed by atoms with Crippen LogP contribution in [-0.4, -0.2) is 79.5 Å². The molecule has 3 aliphatic rings. The van der Waals surface area contributed by atoms with E-state index in [9.17, 15) is 18.0 Å². The number of piperazine rings is 1. The summed E-state index contributed by atoms with van der Waals surface area (Å²) in [5.74, 6) is 0.283. The number of nitrogens with zero attached hydrogens (tertiary/aromatic N) is 4. The summed E-state index contributed by atoms with van der Waals surface area (Å²) in [6, 6.07) is 12.0. The number of benzene rings is 2. The minimum Gasteiger partial charge on any atom is -0.341 e. The van der Waals surface area contributed by atoms with Gasteiger partial charge in [-0.2, -0.15) is 13.2 Å². The first-order valence-corrected chi connectivity index (χ1v) is 13.2. The molecule has 2 aromatic rings. The van der Waals surface area contributed by atoms with Gasteiger partial charge in [0.05, 0.1) is 16.9 Å². The number of hydrogen-bond donors (Lipinski definition) is 0. The highest BCUT2D eigenvalue weighted by Crippen LogP contribution is 2.49. The van der Waals surface area contributed by atoms with E-state index >= 15 is 0 Å². The third-order valence-electron chi connectivity index (χ3n) is 7.13. The van der Waals surface area contributed by atoms with Gasteiger partial charge in [0.2, 0.25) is 5.91 Å². The Kier molecular flexibility index (Phi) is 7.27. The summed E-state index contributed by atoms with van der Waals surface area (Å²) in [6.45, 7) is 8.17. The Morgan fingerprint density at radius 2 is 1.51 bits per heavy atom. The Balaban J connectivity index is 1.17. The van der Waals surface area contributed by atoms with Gasteiger partial charge >= 0.3 is 6.18 Å². The normalized spacial score (nSPS) is 19.2. The summed E-state index contributed by atoms with van der Waals surface area (Å²) in [5, 5.41) is 0. The van der Waals surface area contributed by atoms with Crippen molar-refractivity contribution < 1.29 is 18.0 Å². The van der Waals surface area contributed by atoms with Crippen LogP contribution >= 0.6 is 11.8 Å². The first kappa shape index (κ1) is 24.5. The summed E-state index contributed by atoms with van der Waals surface area (Å²) < 4.78 is 40.2. The second kappa shape index (κ2) is 10.4. The molecule has 0 atom stereocenters. The number of hydrogen-bond acceptors (Lipinski definition) is 5. The van der Waals surface area contributed by atoms with Crippen molar-refractivity contribution in [2.75, 3.05) is 63.8 Å². The molecule has 1 amide bonds. The second-order valence-electron chi connectivity index (χ2n) is 9.42. The minimum absolute atomic E-state index is 0.283. The summed E-state index contributed by atoms with van der Waals surface area (Å²) in [4.78, 5) is 22.6. The van der Waals surface area contributed by atoms with E-state index in [4.69, 9.17) is 0 Å². The van der Waals surface area contributed by atoms with Gasteiger partial charge in [-0.1, -0.05) is 23.9 Å². The smallest absolute Gasteiger partial charge is 0.341 e. The number of likely N-dealkylation sites (tertiary alicyclic amines) is 1. The topological polar surface area (TPSA) is 30.0 Å². The molecular weight excluding hydrogens is 473 g/mol. The summed E-state index contributed by atoms with van der Waals surface area (Å²) in [5.41, 5.74) is 1.02. The van der Waals surface area contributed by atoms with Crippen molar-refractivity contribution in [1.29, 1.82) is 0 Å². The van der Waals surface area contributed by atoms with Crippen LogP contribution in [0, 0.1) is 0 Å². The molecule has 0 aromatic heterocycles. The minimum atomic E-state index is -4.36. The van der Waals surface area contributed by atoms with Gasteiger partial charge in [0.25, 0.3) is 0 Å². The highest BCUT2D eigenvalue weighted by atomic mass is 32.2. The van der Waals surface area contributed by atoms with Crippen molar-refractivity contribution in [1.82, 2.24) is 14.7 Å². The third kappa shape index (κ3) is 5.62. The van der Waals surface area contributed by atoms with Crippen LogP contribution in [0.5, 0.6) is 0 Å². The number of halogens is 3. The van der Waals surface area contributed by atoms with E-state index in [1.165, 1.54) is 23.9 Å². The molecule has 0 bridgehead atoms. The van der Waals surface area contributed by atoms with Crippen molar-refractivity contribution >= 4 is 29.0 Å². The maximum Gasteiger partial charge on any atom is 0.416 e. The average molecular weight is 505 g/mol. The Bertz CT molecular complexity index is 1060. The molecular formula is C26H31F3N4OS. The molecule has 3 aliphatic heterocycles. The molecule has 5 rings (SSSR count). The van der Waals surface area contributed by atoms with Crippen LogP contribution in [-0.2, 0) is 11.0 Å². The largest absolute Gasteiger partial charge is 0.416 e. The Morgan fingerprint density at radius 1 is 0.800 bits per heavy atom. The van der Waals surface area contributed by atoms with E-state index in [0.717, 1.165) is 80.7 Å². The molecule has 0 aliphatic carbocycles. The van der Waals surface area contributed by atoms with Crippen LogP contribution in [0.1, 0.15) is 24.8 Å². The zero-order chi connectivity index (χ0) is 24.4. The van der Waals surface area contributed by atoms with Crippen molar-refractivity contribution in [2.24, 2.45) is 0 Å². The predicted octanol–water partition coefficient (Wildman–Crippen LogP) is 4.94. The summed E-state index contributed by atoms with van der Waals surface area (Å²) in [7, 11) is 0. The van der Waals surface area contributed by atoms with E-state index in [0.29, 0.717) is 18.7 Å². The van der Waals surface area contributed by atoms with E-state index in [1.54, 1.807) is 6.07 Å². The number of amides is 1. The van der Waals surface area contributed by atoms with Gasteiger partial charge in [0, 0.05) is 68.6 Å². The van der Waals surface area contributed by atoms with Crippen molar-refractivity contribution in [3.8, 4) is 0 Å². The number of carbonyl (C=O) groups excluding carboxylic acids is 1. The fourth-order valence-electron chi connectivity index (χ4n) is 5.14. The van der Waals surface area contributed by atoms with Gasteiger partial charge in [-0.05, 0) is 49.7 Å². The fourth-order valence-corrected chi connectivity index (χ4v) is 6.21. The van der Waals surface area contributed by atoms with Crippen molar-refractivity contribution in [3.05, 3.63) is 48.0 Å². The number of alkyl halides is 3. The zero-order valence-corrected chi connectivity index (χ0v) is 20.6. The Morgan fingerprint density at radius 3 is 2.23 bits per heavy atom. The lowest BCUT2D eigenvalue weighted by molar-refractivity contribution is -0.137. The maximum atomic E-state index is 13.4. The first-order valence-electron chi connectivity index (χ1n) is 12.4. The van der Waals surface area contributed by atoms with Gasteiger partial charge in [0.1, 0.15) is 0 Å². The van der Waals surface area contributed by atoms with Crippen molar-refractivity contribution in [3.63, 3.8) is 0 Å². The molecule has 2 fully saturated rings. The van der Waals surface area contributed by atoms with Crippen LogP contribution in [0.2, 0.25) is 0 Å². The SMILES string of the molecule is O=C1CCCN1CCN1CCN(CCCN2c3ccccc3Sc3ccc(C(F)(F)F)cc32)CC1. The first-order chi connectivity index (χ1) is 16.9. The Labute approximate surface area is 208 Å². The Hall–Kier alpha value is -2.23. The van der Waals surface area contributed by atoms with Crippen LogP contribution < -0.4 is 4.90 Å². The molecule has 0 saturated carbocycles. The van der Waals surface area contributed by atoms with E-state index < -0.39 is 11.7 Å². The van der Waals surface area contributed by atoms with Crippen LogP contribution in [0.4, 0.5) is 24.5 Å². The molecule has 0 radical (unpaired) electrons. The van der Waals surface area contributed by atoms with Gasteiger partial charge in [0.15, 0.2) is 0 Å². The van der Waals surface area contributed by atoms with E-state index in [-0.39, 0.29) is 5.91 Å². The number of fused-ring (bicyclic) bond motifs is 2. The van der Waals surface area contributed by atoms with Crippen LogP contribution in [0.25, 0.3) is 0 Å². The standard InChI is InChI=1S/C26H31F3N4OS/c27-26(28,29)20-8-9-24-22(19-20)33(21-5-1-2-6-23(21)35-24)12-4-10-30-13-15-31(16-14-30)17-18-32-11-3-7-25(32)34/h1-2,5-6,8-9,19H,3-4,7,10-18H2. The number of carbonyl (C=O) groups is 1. The lowest BCUT2D eigenvalue weighted by Gasteiger charge is -2.37. The number of rotatable bonds is 7. The lowest BCUT2D eigenvalue weighted by atomic mass is 10.1. The summed E-state index contributed by atoms with van der Waals surface area (Å²) in [6.07, 6.45) is -1.81. The van der Waals surface area contributed by atoms with Crippen molar-refractivity contribution in [2.45, 2.75) is 35.2 Å². The van der Waals surface area contributed by atoms with Gasteiger partial charge in [-0.25, -0.2) is 0 Å². The van der Waals surface area contributed by atoms with Crippen LogP contribution in [0.3, 0.4) is 0 Å². The molecule has 3 heterocycles. The fraction of sp³-hybridized carbons (Fsp3) is 0.500. The molecule has 2 saturated heterocycles. The number of anilines is 2. The molecule has 35 heavy (non-hydrogen) atoms. The van der Waals surface area contributed by atoms with Gasteiger partial charge in [-0.3, -0.25) is 9.69 Å². The maximum absolute atomic E-state index is 13.4. The predicted molar refractivity (Wildman–Crippen MR) is 132 cm³/mol. The zero-order valence-electron chi connectivity index (χ0n) is 19.8. The third-order valence-corrected chi connectivity index (χ3v) is 8.26. The quantitative estimate of drug-likeness (QED) is 0.533. The van der Waals surface area contributed by atoms with Crippen LogP contribution in [0.15, 0.2) is 52.3 Å². The molecule has 2 aromatic carbocycles. The number of para-hydroxylation sites is 1. The molecule has 0 N–H and O–H groups in total. The summed E-state index contributed by atoms with van der Waals surface area (Å²) >= 11 is 1.53. The molecule has 5 nitrogen and oxygen atoms in total. The molecule has 9 heteroatoms. The highest BCUT2D eigenvalue weighted by molar-refractivity contribution is 7.99. The van der Waals surface area contributed by atoms with Gasteiger partial charge in [-0.15, -0.1) is 0 Å². The average Bonchev–Trinajstić information content (AvgIpc) is 3.26. The molecule has 188 valence electrons. The molecule has 0 spiro atoms. The van der Waals surface area contributed by atoms with Gasteiger partial charge < -0.3 is 14.7 Å². The van der Waals surface area contributed by atoms with E-state index in [1.807, 2.05) is 29.2 Å².